The third-order valence-corrected chi connectivity index (χ3v) is 2.37. The lowest BCUT2D eigenvalue weighted by atomic mass is 10.0. The molecule has 1 fully saturated rings. The number of ether oxygens (including phenoxy) is 1. The molecule has 0 radical (unpaired) electrons. The summed E-state index contributed by atoms with van der Waals surface area (Å²) in [6.45, 7) is 4.34. The average Bonchev–Trinajstić information content (AvgIpc) is 2.10. The Labute approximate surface area is 110 Å². The fourth-order valence-corrected chi connectivity index (χ4v) is 1.83. The van der Waals surface area contributed by atoms with Crippen molar-refractivity contribution in [1.82, 2.24) is 4.90 Å². The summed E-state index contributed by atoms with van der Waals surface area (Å²) in [6.07, 6.45) is -1.27. The number of piperidine rings is 1. The standard InChI is InChI=1S/C11H20F2N4O2/c1-10(2,3)19-9(18)17-5-7(16-8(14)15)4-11(12,13)6-17/h7H,4-6H2,1-3H3,(H4,14,15,16)/t7-/m0/s1. The van der Waals surface area contributed by atoms with Crippen LogP contribution in [0.3, 0.4) is 0 Å². The molecular weight excluding hydrogens is 258 g/mol. The minimum atomic E-state index is -3.03. The molecule has 0 spiro atoms. The monoisotopic (exact) mass is 278 g/mol. The van der Waals surface area contributed by atoms with E-state index in [4.69, 9.17) is 16.2 Å². The lowest BCUT2D eigenvalue weighted by Gasteiger charge is -2.36. The van der Waals surface area contributed by atoms with Crippen molar-refractivity contribution in [2.75, 3.05) is 13.1 Å². The summed E-state index contributed by atoms with van der Waals surface area (Å²) in [5.41, 5.74) is 9.63. The fourth-order valence-electron chi connectivity index (χ4n) is 1.83. The van der Waals surface area contributed by atoms with Crippen LogP contribution in [0.5, 0.6) is 0 Å². The Kier molecular flexibility index (Phi) is 4.21. The highest BCUT2D eigenvalue weighted by molar-refractivity contribution is 5.76. The van der Waals surface area contributed by atoms with Crippen LogP contribution in [0.2, 0.25) is 0 Å². The number of aliphatic imine (C=N–C) groups is 1. The maximum atomic E-state index is 13.5. The van der Waals surface area contributed by atoms with Crippen LogP contribution in [-0.2, 0) is 4.74 Å². The number of hydrogen-bond donors (Lipinski definition) is 2. The molecule has 1 heterocycles. The number of guanidine groups is 1. The van der Waals surface area contributed by atoms with Crippen molar-refractivity contribution in [3.8, 4) is 0 Å². The summed E-state index contributed by atoms with van der Waals surface area (Å²) in [7, 11) is 0. The van der Waals surface area contributed by atoms with Crippen molar-refractivity contribution < 1.29 is 18.3 Å². The molecular formula is C11H20F2N4O2. The summed E-state index contributed by atoms with van der Waals surface area (Å²) in [5.74, 6) is -3.30. The van der Waals surface area contributed by atoms with E-state index in [0.717, 1.165) is 4.90 Å². The van der Waals surface area contributed by atoms with Crippen molar-refractivity contribution in [1.29, 1.82) is 0 Å². The largest absolute Gasteiger partial charge is 0.444 e. The molecule has 0 bridgehead atoms. The van der Waals surface area contributed by atoms with Gasteiger partial charge in [-0.25, -0.2) is 18.6 Å². The average molecular weight is 278 g/mol. The number of hydrogen-bond acceptors (Lipinski definition) is 3. The first-order valence-corrected chi connectivity index (χ1v) is 5.93. The molecule has 0 aromatic carbocycles. The van der Waals surface area contributed by atoms with E-state index in [2.05, 4.69) is 4.99 Å². The van der Waals surface area contributed by atoms with E-state index in [1.807, 2.05) is 0 Å². The Balaban J connectivity index is 2.78. The van der Waals surface area contributed by atoms with Crippen molar-refractivity contribution in [3.63, 3.8) is 0 Å². The summed E-state index contributed by atoms with van der Waals surface area (Å²) in [6, 6.07) is -0.818. The summed E-state index contributed by atoms with van der Waals surface area (Å²) >= 11 is 0. The Hall–Kier alpha value is -1.60. The van der Waals surface area contributed by atoms with E-state index in [1.165, 1.54) is 0 Å². The molecule has 1 aliphatic rings. The third-order valence-electron chi connectivity index (χ3n) is 2.37. The predicted octanol–water partition coefficient (Wildman–Crippen LogP) is 0.904. The number of alkyl halides is 2. The van der Waals surface area contributed by atoms with Gasteiger partial charge in [0.05, 0.1) is 12.6 Å². The van der Waals surface area contributed by atoms with Crippen molar-refractivity contribution in [3.05, 3.63) is 0 Å². The molecule has 1 atom stereocenters. The molecule has 8 heteroatoms. The molecule has 0 aromatic rings. The Bertz CT molecular complexity index is 375. The first kappa shape index (κ1) is 15.5. The van der Waals surface area contributed by atoms with Gasteiger partial charge in [-0.05, 0) is 20.8 Å². The molecule has 0 saturated carbocycles. The van der Waals surface area contributed by atoms with Crippen LogP contribution in [0.1, 0.15) is 27.2 Å². The minimum Gasteiger partial charge on any atom is -0.444 e. The molecule has 6 nitrogen and oxygen atoms in total. The van der Waals surface area contributed by atoms with Gasteiger partial charge in [0.1, 0.15) is 5.60 Å². The minimum absolute atomic E-state index is 0.0163. The third kappa shape index (κ3) is 5.27. The van der Waals surface area contributed by atoms with Crippen molar-refractivity contribution in [2.45, 2.75) is 44.8 Å². The van der Waals surface area contributed by atoms with Gasteiger partial charge >= 0.3 is 6.09 Å². The summed E-state index contributed by atoms with van der Waals surface area (Å²) < 4.78 is 32.2. The van der Waals surface area contributed by atoms with Crippen LogP contribution in [0, 0.1) is 0 Å². The van der Waals surface area contributed by atoms with Crippen LogP contribution >= 0.6 is 0 Å². The number of rotatable bonds is 1. The number of halogens is 2. The van der Waals surface area contributed by atoms with Gasteiger partial charge in [0.15, 0.2) is 5.96 Å². The SMILES string of the molecule is CC(C)(C)OC(=O)N1C[C@@H](N=C(N)N)CC(F)(F)C1. The second kappa shape index (κ2) is 5.18. The normalized spacial score (nSPS) is 22.8. The molecule has 4 N–H and O–H groups in total. The lowest BCUT2D eigenvalue weighted by Crippen LogP contribution is -2.52. The zero-order valence-corrected chi connectivity index (χ0v) is 11.3. The van der Waals surface area contributed by atoms with Gasteiger partial charge in [0.25, 0.3) is 5.92 Å². The number of carbonyl (C=O) groups excluding carboxylic acids is 1. The number of likely N-dealkylation sites (tertiary alicyclic amines) is 1. The van der Waals surface area contributed by atoms with E-state index < -0.39 is 36.6 Å². The van der Waals surface area contributed by atoms with Gasteiger partial charge in [-0.1, -0.05) is 0 Å². The smallest absolute Gasteiger partial charge is 0.410 e. The fraction of sp³-hybridized carbons (Fsp3) is 0.818. The van der Waals surface area contributed by atoms with Gasteiger partial charge < -0.3 is 21.1 Å². The van der Waals surface area contributed by atoms with Crippen LogP contribution in [0.25, 0.3) is 0 Å². The predicted molar refractivity (Wildman–Crippen MR) is 67.0 cm³/mol. The van der Waals surface area contributed by atoms with Gasteiger partial charge in [-0.15, -0.1) is 0 Å². The van der Waals surface area contributed by atoms with E-state index in [0.29, 0.717) is 0 Å². The highest BCUT2D eigenvalue weighted by Gasteiger charge is 2.43. The Morgan fingerprint density at radius 1 is 1.42 bits per heavy atom. The number of amides is 1. The van der Waals surface area contributed by atoms with Crippen LogP contribution in [-0.4, -0.2) is 47.6 Å². The maximum Gasteiger partial charge on any atom is 0.410 e. The maximum absolute atomic E-state index is 13.5. The van der Waals surface area contributed by atoms with Crippen LogP contribution in [0.15, 0.2) is 4.99 Å². The molecule has 1 aliphatic heterocycles. The van der Waals surface area contributed by atoms with Gasteiger partial charge in [0, 0.05) is 13.0 Å². The van der Waals surface area contributed by atoms with E-state index in [9.17, 15) is 13.6 Å². The first-order valence-electron chi connectivity index (χ1n) is 5.93. The van der Waals surface area contributed by atoms with Crippen LogP contribution < -0.4 is 11.5 Å². The van der Waals surface area contributed by atoms with Crippen molar-refractivity contribution >= 4 is 12.1 Å². The molecule has 0 unspecified atom stereocenters. The van der Waals surface area contributed by atoms with Crippen molar-refractivity contribution in [2.24, 2.45) is 16.5 Å². The topological polar surface area (TPSA) is 93.9 Å². The van der Waals surface area contributed by atoms with Gasteiger partial charge in [-0.2, -0.15) is 0 Å². The van der Waals surface area contributed by atoms with Gasteiger partial charge in [-0.3, -0.25) is 0 Å². The lowest BCUT2D eigenvalue weighted by molar-refractivity contribution is -0.0741. The quantitative estimate of drug-likeness (QED) is 0.550. The summed E-state index contributed by atoms with van der Waals surface area (Å²) in [5, 5.41) is 0. The highest BCUT2D eigenvalue weighted by atomic mass is 19.3. The molecule has 1 amide bonds. The van der Waals surface area contributed by atoms with Crippen LogP contribution in [0.4, 0.5) is 13.6 Å². The summed E-state index contributed by atoms with van der Waals surface area (Å²) in [4.78, 5) is 16.4. The molecule has 1 rings (SSSR count). The number of nitrogens with zero attached hydrogens (tertiary/aromatic N) is 2. The second-order valence-corrected chi connectivity index (χ2v) is 5.63. The molecule has 110 valence electrons. The highest BCUT2D eigenvalue weighted by Crippen LogP contribution is 2.29. The number of carbonyl (C=O) groups is 1. The Morgan fingerprint density at radius 3 is 2.47 bits per heavy atom. The zero-order valence-electron chi connectivity index (χ0n) is 11.3. The first-order chi connectivity index (χ1) is 8.48. The zero-order chi connectivity index (χ0) is 14.8. The molecule has 1 saturated heterocycles. The molecule has 0 aromatic heterocycles. The molecule has 0 aliphatic carbocycles. The van der Waals surface area contributed by atoms with Gasteiger partial charge in [0.2, 0.25) is 0 Å². The van der Waals surface area contributed by atoms with E-state index in [1.54, 1.807) is 20.8 Å². The Morgan fingerprint density at radius 2 is 2.00 bits per heavy atom. The van der Waals surface area contributed by atoms with E-state index in [-0.39, 0.29) is 12.5 Å². The molecule has 19 heavy (non-hydrogen) atoms. The number of nitrogens with two attached hydrogens (primary N) is 2. The van der Waals surface area contributed by atoms with E-state index >= 15 is 0 Å². The second-order valence-electron chi connectivity index (χ2n) is 5.63.